The monoisotopic (exact) mass is 345 g/mol. The molecule has 2 aromatic rings. The van der Waals surface area contributed by atoms with Gasteiger partial charge in [0.1, 0.15) is 5.82 Å². The second-order valence-corrected chi connectivity index (χ2v) is 7.14. The minimum Gasteiger partial charge on any atom is -0.393 e. The summed E-state index contributed by atoms with van der Waals surface area (Å²) < 4.78 is 15.4. The zero-order valence-corrected chi connectivity index (χ0v) is 14.9. The maximum Gasteiger partial charge on any atom is 0.123 e. The Bertz CT molecular complexity index is 672. The molecule has 0 spiro atoms. The van der Waals surface area contributed by atoms with Gasteiger partial charge in [-0.05, 0) is 55.8 Å². The molecule has 1 heterocycles. The lowest BCUT2D eigenvalue weighted by atomic mass is 9.83. The molecule has 1 aromatic carbocycles. The SMILES string of the molecule is Cn1cc(C(NCCCC2CCCCC2O)c2cccc(F)c2)cn1. The van der Waals surface area contributed by atoms with E-state index >= 15 is 0 Å². The summed E-state index contributed by atoms with van der Waals surface area (Å²) in [5, 5.41) is 17.9. The molecule has 0 aliphatic heterocycles. The van der Waals surface area contributed by atoms with Crippen LogP contribution in [0, 0.1) is 11.7 Å². The number of benzene rings is 1. The average Bonchev–Trinajstić information content (AvgIpc) is 3.02. The van der Waals surface area contributed by atoms with Crippen molar-refractivity contribution in [2.24, 2.45) is 13.0 Å². The standard InChI is InChI=1S/C20H28FN3O/c1-24-14-17(13-23-24)20(16-7-4-9-18(21)12-16)22-11-5-8-15-6-2-3-10-19(15)25/h4,7,9,12-15,19-20,22,25H,2-3,5-6,8,10-11H2,1H3. The Morgan fingerprint density at radius 1 is 1.32 bits per heavy atom. The minimum atomic E-state index is -0.224. The zero-order chi connectivity index (χ0) is 17.6. The van der Waals surface area contributed by atoms with Crippen LogP contribution in [0.25, 0.3) is 0 Å². The van der Waals surface area contributed by atoms with Crippen LogP contribution in [0.3, 0.4) is 0 Å². The van der Waals surface area contributed by atoms with Crippen molar-refractivity contribution in [3.63, 3.8) is 0 Å². The van der Waals surface area contributed by atoms with Crippen LogP contribution in [0.4, 0.5) is 4.39 Å². The van der Waals surface area contributed by atoms with Crippen LogP contribution in [-0.4, -0.2) is 27.5 Å². The predicted molar refractivity (Wildman–Crippen MR) is 96.7 cm³/mol. The number of rotatable bonds is 7. The summed E-state index contributed by atoms with van der Waals surface area (Å²) in [6, 6.07) is 6.66. The van der Waals surface area contributed by atoms with E-state index in [1.54, 1.807) is 16.8 Å². The van der Waals surface area contributed by atoms with E-state index in [9.17, 15) is 9.50 Å². The number of nitrogens with zero attached hydrogens (tertiary/aromatic N) is 2. The first-order valence-electron chi connectivity index (χ1n) is 9.29. The van der Waals surface area contributed by atoms with Gasteiger partial charge in [0.15, 0.2) is 0 Å². The second kappa shape index (κ2) is 8.59. The van der Waals surface area contributed by atoms with E-state index in [0.29, 0.717) is 5.92 Å². The first kappa shape index (κ1) is 18.1. The van der Waals surface area contributed by atoms with Gasteiger partial charge in [-0.3, -0.25) is 4.68 Å². The van der Waals surface area contributed by atoms with E-state index in [4.69, 9.17) is 0 Å². The Hall–Kier alpha value is -1.72. The molecule has 2 N–H and O–H groups in total. The molecule has 1 aliphatic rings. The van der Waals surface area contributed by atoms with Crippen LogP contribution < -0.4 is 5.32 Å². The Morgan fingerprint density at radius 3 is 2.88 bits per heavy atom. The lowest BCUT2D eigenvalue weighted by Crippen LogP contribution is -2.27. The normalized spacial score (nSPS) is 22.0. The number of halogens is 1. The van der Waals surface area contributed by atoms with Gasteiger partial charge in [0.05, 0.1) is 18.3 Å². The highest BCUT2D eigenvalue weighted by molar-refractivity contribution is 5.29. The average molecular weight is 345 g/mol. The highest BCUT2D eigenvalue weighted by atomic mass is 19.1. The number of nitrogens with one attached hydrogen (secondary N) is 1. The highest BCUT2D eigenvalue weighted by Crippen LogP contribution is 2.28. The third-order valence-electron chi connectivity index (χ3n) is 5.21. The molecular weight excluding hydrogens is 317 g/mol. The van der Waals surface area contributed by atoms with Gasteiger partial charge in [0.2, 0.25) is 0 Å². The molecule has 0 saturated heterocycles. The fourth-order valence-electron chi connectivity index (χ4n) is 3.84. The van der Waals surface area contributed by atoms with Crippen molar-refractivity contribution in [1.29, 1.82) is 0 Å². The molecule has 1 aromatic heterocycles. The van der Waals surface area contributed by atoms with Crippen molar-refractivity contribution >= 4 is 0 Å². The Morgan fingerprint density at radius 2 is 2.16 bits per heavy atom. The molecule has 0 amide bonds. The number of aromatic nitrogens is 2. The zero-order valence-electron chi connectivity index (χ0n) is 14.9. The van der Waals surface area contributed by atoms with Gasteiger partial charge in [-0.2, -0.15) is 5.10 Å². The molecular formula is C20H28FN3O. The number of aliphatic hydroxyl groups excluding tert-OH is 1. The topological polar surface area (TPSA) is 50.1 Å². The van der Waals surface area contributed by atoms with Gasteiger partial charge in [0, 0.05) is 18.8 Å². The first-order valence-corrected chi connectivity index (χ1v) is 9.29. The summed E-state index contributed by atoms with van der Waals surface area (Å²) in [6.07, 6.45) is 10.2. The molecule has 25 heavy (non-hydrogen) atoms. The molecule has 5 heteroatoms. The molecule has 1 fully saturated rings. The summed E-state index contributed by atoms with van der Waals surface area (Å²) in [5.41, 5.74) is 1.94. The predicted octanol–water partition coefficient (Wildman–Crippen LogP) is 3.57. The van der Waals surface area contributed by atoms with Crippen molar-refractivity contribution in [3.05, 3.63) is 53.6 Å². The van der Waals surface area contributed by atoms with Crippen LogP contribution in [0.15, 0.2) is 36.7 Å². The number of hydrogen-bond donors (Lipinski definition) is 2. The maximum atomic E-state index is 13.6. The van der Waals surface area contributed by atoms with E-state index in [0.717, 1.165) is 49.8 Å². The maximum absolute atomic E-state index is 13.6. The molecule has 0 bridgehead atoms. The highest BCUT2D eigenvalue weighted by Gasteiger charge is 2.22. The summed E-state index contributed by atoms with van der Waals surface area (Å²) in [7, 11) is 1.89. The molecule has 3 rings (SSSR count). The van der Waals surface area contributed by atoms with E-state index in [1.165, 1.54) is 12.5 Å². The van der Waals surface area contributed by atoms with Crippen molar-refractivity contribution < 1.29 is 9.50 Å². The Labute approximate surface area is 149 Å². The molecule has 1 aliphatic carbocycles. The molecule has 3 atom stereocenters. The van der Waals surface area contributed by atoms with Gasteiger partial charge >= 0.3 is 0 Å². The summed E-state index contributed by atoms with van der Waals surface area (Å²) in [6.45, 7) is 0.833. The largest absolute Gasteiger partial charge is 0.393 e. The van der Waals surface area contributed by atoms with E-state index in [1.807, 2.05) is 25.5 Å². The third kappa shape index (κ3) is 4.89. The fourth-order valence-corrected chi connectivity index (χ4v) is 3.84. The molecule has 1 saturated carbocycles. The van der Waals surface area contributed by atoms with Gasteiger partial charge < -0.3 is 10.4 Å². The number of aryl methyl sites for hydroxylation is 1. The van der Waals surface area contributed by atoms with Gasteiger partial charge in [0.25, 0.3) is 0 Å². The van der Waals surface area contributed by atoms with E-state index in [2.05, 4.69) is 10.4 Å². The van der Waals surface area contributed by atoms with Gasteiger partial charge in [-0.15, -0.1) is 0 Å². The summed E-state index contributed by atoms with van der Waals surface area (Å²) in [5.74, 6) is 0.208. The molecule has 0 radical (unpaired) electrons. The summed E-state index contributed by atoms with van der Waals surface area (Å²) in [4.78, 5) is 0. The second-order valence-electron chi connectivity index (χ2n) is 7.14. The lowest BCUT2D eigenvalue weighted by Gasteiger charge is -2.27. The van der Waals surface area contributed by atoms with Crippen LogP contribution >= 0.6 is 0 Å². The van der Waals surface area contributed by atoms with Crippen molar-refractivity contribution in [2.75, 3.05) is 6.54 Å². The van der Waals surface area contributed by atoms with Gasteiger partial charge in [-0.1, -0.05) is 25.0 Å². The first-order chi connectivity index (χ1) is 12.1. The van der Waals surface area contributed by atoms with Crippen LogP contribution in [0.1, 0.15) is 55.7 Å². The smallest absolute Gasteiger partial charge is 0.123 e. The molecule has 3 unspecified atom stereocenters. The fraction of sp³-hybridized carbons (Fsp3) is 0.550. The molecule has 136 valence electrons. The Balaban J connectivity index is 1.60. The van der Waals surface area contributed by atoms with Crippen LogP contribution in [-0.2, 0) is 7.05 Å². The van der Waals surface area contributed by atoms with Gasteiger partial charge in [-0.25, -0.2) is 4.39 Å². The summed E-state index contributed by atoms with van der Waals surface area (Å²) >= 11 is 0. The van der Waals surface area contributed by atoms with Crippen LogP contribution in [0.5, 0.6) is 0 Å². The van der Waals surface area contributed by atoms with E-state index < -0.39 is 0 Å². The van der Waals surface area contributed by atoms with Crippen molar-refractivity contribution in [2.45, 2.75) is 50.7 Å². The number of hydrogen-bond acceptors (Lipinski definition) is 3. The molecule has 4 nitrogen and oxygen atoms in total. The van der Waals surface area contributed by atoms with Crippen LogP contribution in [0.2, 0.25) is 0 Å². The van der Waals surface area contributed by atoms with E-state index in [-0.39, 0.29) is 18.0 Å². The van der Waals surface area contributed by atoms with Crippen molar-refractivity contribution in [3.8, 4) is 0 Å². The number of aliphatic hydroxyl groups is 1. The lowest BCUT2D eigenvalue weighted by molar-refractivity contribution is 0.0642. The third-order valence-corrected chi connectivity index (χ3v) is 5.21. The minimum absolute atomic E-state index is 0.0688. The Kier molecular flexibility index (Phi) is 6.21. The van der Waals surface area contributed by atoms with Crippen molar-refractivity contribution in [1.82, 2.24) is 15.1 Å². The quantitative estimate of drug-likeness (QED) is 0.754.